The second kappa shape index (κ2) is 7.51. The van der Waals surface area contributed by atoms with Crippen LogP contribution in [-0.4, -0.2) is 60.4 Å². The zero-order valence-electron chi connectivity index (χ0n) is 14.0. The Morgan fingerprint density at radius 2 is 1.96 bits per heavy atom. The van der Waals surface area contributed by atoms with Crippen molar-refractivity contribution in [3.05, 3.63) is 30.1 Å². The summed E-state index contributed by atoms with van der Waals surface area (Å²) in [7, 11) is -3.09. The maximum absolute atomic E-state index is 12.7. The van der Waals surface area contributed by atoms with Gasteiger partial charge in [0, 0.05) is 24.5 Å². The number of hydrogen-bond donors (Lipinski definition) is 0. The number of hydrogen-bond acceptors (Lipinski definition) is 6. The van der Waals surface area contributed by atoms with Gasteiger partial charge in [0.25, 0.3) is 5.91 Å². The second-order valence-corrected chi connectivity index (χ2v) is 8.84. The first-order chi connectivity index (χ1) is 12.0. The van der Waals surface area contributed by atoms with Crippen LogP contribution in [0.1, 0.15) is 42.5 Å². The summed E-state index contributed by atoms with van der Waals surface area (Å²) in [5.74, 6) is -0.798. The van der Waals surface area contributed by atoms with Crippen molar-refractivity contribution in [2.45, 2.75) is 44.2 Å². The van der Waals surface area contributed by atoms with Gasteiger partial charge in [0.2, 0.25) is 0 Å². The average molecular weight is 366 g/mol. The minimum absolute atomic E-state index is 0.00575. The van der Waals surface area contributed by atoms with E-state index in [9.17, 15) is 18.0 Å². The van der Waals surface area contributed by atoms with Crippen LogP contribution in [0.5, 0.6) is 0 Å². The number of pyridine rings is 1. The quantitative estimate of drug-likeness (QED) is 0.727. The topological polar surface area (TPSA) is 93.6 Å². The summed E-state index contributed by atoms with van der Waals surface area (Å²) in [6.45, 7) is -0.374. The SMILES string of the molecule is O=C(OCC(=O)N(C1CCCC1)[C@H]1CCS(=O)(=O)C1)c1cccnc1. The number of esters is 1. The highest BCUT2D eigenvalue weighted by Gasteiger charge is 2.39. The van der Waals surface area contributed by atoms with Crippen LogP contribution in [0, 0.1) is 0 Å². The van der Waals surface area contributed by atoms with Crippen LogP contribution in [-0.2, 0) is 19.4 Å². The van der Waals surface area contributed by atoms with Gasteiger partial charge in [0.1, 0.15) is 0 Å². The van der Waals surface area contributed by atoms with Gasteiger partial charge in [0.15, 0.2) is 16.4 Å². The molecule has 1 amide bonds. The molecule has 1 aromatic rings. The second-order valence-electron chi connectivity index (χ2n) is 6.61. The molecule has 0 aromatic carbocycles. The monoisotopic (exact) mass is 366 g/mol. The van der Waals surface area contributed by atoms with Crippen LogP contribution in [0.4, 0.5) is 0 Å². The minimum atomic E-state index is -3.09. The van der Waals surface area contributed by atoms with Crippen molar-refractivity contribution in [1.82, 2.24) is 9.88 Å². The Hall–Kier alpha value is -1.96. The summed E-state index contributed by atoms with van der Waals surface area (Å²) >= 11 is 0. The Labute approximate surface area is 147 Å². The van der Waals surface area contributed by atoms with Crippen LogP contribution in [0.2, 0.25) is 0 Å². The number of sulfone groups is 1. The molecule has 7 nitrogen and oxygen atoms in total. The Morgan fingerprint density at radius 1 is 1.20 bits per heavy atom. The zero-order valence-corrected chi connectivity index (χ0v) is 14.8. The predicted molar refractivity (Wildman–Crippen MR) is 90.7 cm³/mol. The molecule has 1 atom stereocenters. The average Bonchev–Trinajstić information content (AvgIpc) is 3.24. The fraction of sp³-hybridized carbons (Fsp3) is 0.588. The number of rotatable bonds is 5. The lowest BCUT2D eigenvalue weighted by atomic mass is 10.1. The summed E-state index contributed by atoms with van der Waals surface area (Å²) in [4.78, 5) is 30.2. The number of carbonyl (C=O) groups excluding carboxylic acids is 2. The van der Waals surface area contributed by atoms with Crippen molar-refractivity contribution >= 4 is 21.7 Å². The summed E-state index contributed by atoms with van der Waals surface area (Å²) in [5.41, 5.74) is 0.283. The van der Waals surface area contributed by atoms with Crippen molar-refractivity contribution < 1.29 is 22.7 Å². The third kappa shape index (κ3) is 4.36. The van der Waals surface area contributed by atoms with Crippen LogP contribution < -0.4 is 0 Å². The number of ether oxygens (including phenoxy) is 1. The van der Waals surface area contributed by atoms with Gasteiger partial charge in [0.05, 0.1) is 17.1 Å². The van der Waals surface area contributed by atoms with Gasteiger partial charge < -0.3 is 9.64 Å². The first kappa shape index (κ1) is 17.8. The molecule has 3 rings (SSSR count). The smallest absolute Gasteiger partial charge is 0.340 e. The molecule has 1 saturated carbocycles. The Kier molecular flexibility index (Phi) is 5.36. The molecule has 2 heterocycles. The van der Waals surface area contributed by atoms with Crippen molar-refractivity contribution in [2.75, 3.05) is 18.1 Å². The third-order valence-corrected chi connectivity index (χ3v) is 6.58. The van der Waals surface area contributed by atoms with E-state index in [1.807, 2.05) is 0 Å². The Bertz CT molecular complexity index is 729. The van der Waals surface area contributed by atoms with Crippen LogP contribution in [0.15, 0.2) is 24.5 Å². The summed E-state index contributed by atoms with van der Waals surface area (Å²) < 4.78 is 28.7. The van der Waals surface area contributed by atoms with Crippen molar-refractivity contribution in [3.8, 4) is 0 Å². The van der Waals surface area contributed by atoms with Gasteiger partial charge in [-0.3, -0.25) is 9.78 Å². The van der Waals surface area contributed by atoms with Gasteiger partial charge in [-0.05, 0) is 31.4 Å². The minimum Gasteiger partial charge on any atom is -0.452 e. The van der Waals surface area contributed by atoms with Crippen molar-refractivity contribution in [3.63, 3.8) is 0 Å². The van der Waals surface area contributed by atoms with Crippen LogP contribution in [0.3, 0.4) is 0 Å². The first-order valence-corrected chi connectivity index (χ1v) is 10.4. The number of nitrogens with zero attached hydrogens (tertiary/aromatic N) is 2. The van der Waals surface area contributed by atoms with E-state index in [2.05, 4.69) is 4.98 Å². The standard InChI is InChI=1S/C17H22N2O5S/c20-16(11-24-17(21)13-4-3-8-18-10-13)19(14-5-1-2-6-14)15-7-9-25(22,23)12-15/h3-4,8,10,14-15H,1-2,5-7,9,11-12H2/t15-/m0/s1. The predicted octanol–water partition coefficient (Wildman–Crippen LogP) is 1.20. The summed E-state index contributed by atoms with van der Waals surface area (Å²) in [6.07, 6.45) is 7.20. The molecule has 1 aliphatic carbocycles. The Morgan fingerprint density at radius 3 is 2.56 bits per heavy atom. The van der Waals surface area contributed by atoms with E-state index in [1.54, 1.807) is 23.2 Å². The van der Waals surface area contributed by atoms with Crippen LogP contribution in [0.25, 0.3) is 0 Å². The molecule has 25 heavy (non-hydrogen) atoms. The lowest BCUT2D eigenvalue weighted by Crippen LogP contribution is -2.48. The van der Waals surface area contributed by atoms with Gasteiger partial charge >= 0.3 is 5.97 Å². The van der Waals surface area contributed by atoms with E-state index >= 15 is 0 Å². The zero-order chi connectivity index (χ0) is 17.9. The maximum atomic E-state index is 12.7. The van der Waals surface area contributed by atoms with Gasteiger partial charge in [-0.15, -0.1) is 0 Å². The molecular weight excluding hydrogens is 344 g/mol. The number of carbonyl (C=O) groups is 2. The molecule has 0 N–H and O–H groups in total. The number of amides is 1. The normalized spacial score (nSPS) is 22.6. The lowest BCUT2D eigenvalue weighted by Gasteiger charge is -2.33. The summed E-state index contributed by atoms with van der Waals surface area (Å²) in [6, 6.07) is 2.92. The van der Waals surface area contributed by atoms with Crippen molar-refractivity contribution in [1.29, 1.82) is 0 Å². The molecule has 2 aliphatic rings. The molecule has 136 valence electrons. The first-order valence-electron chi connectivity index (χ1n) is 8.55. The Balaban J connectivity index is 1.66. The van der Waals surface area contributed by atoms with E-state index in [0.29, 0.717) is 6.42 Å². The van der Waals surface area contributed by atoms with E-state index in [0.717, 1.165) is 25.7 Å². The van der Waals surface area contributed by atoms with E-state index in [-0.39, 0.29) is 41.7 Å². The fourth-order valence-electron chi connectivity index (χ4n) is 3.65. The molecule has 0 bridgehead atoms. The largest absolute Gasteiger partial charge is 0.452 e. The lowest BCUT2D eigenvalue weighted by molar-refractivity contribution is -0.139. The van der Waals surface area contributed by atoms with Crippen LogP contribution >= 0.6 is 0 Å². The van der Waals surface area contributed by atoms with Gasteiger partial charge in [-0.1, -0.05) is 12.8 Å². The van der Waals surface area contributed by atoms with Gasteiger partial charge in [-0.25, -0.2) is 13.2 Å². The molecular formula is C17H22N2O5S. The van der Waals surface area contributed by atoms with Gasteiger partial charge in [-0.2, -0.15) is 0 Å². The highest BCUT2D eigenvalue weighted by atomic mass is 32.2. The van der Waals surface area contributed by atoms with E-state index < -0.39 is 15.8 Å². The molecule has 0 unspecified atom stereocenters. The molecule has 1 aromatic heterocycles. The molecule has 1 aliphatic heterocycles. The van der Waals surface area contributed by atoms with E-state index in [4.69, 9.17) is 4.74 Å². The van der Waals surface area contributed by atoms with E-state index in [1.165, 1.54) is 6.20 Å². The molecule has 8 heteroatoms. The molecule has 1 saturated heterocycles. The summed E-state index contributed by atoms with van der Waals surface area (Å²) in [5, 5.41) is 0. The highest BCUT2D eigenvalue weighted by molar-refractivity contribution is 7.91. The molecule has 2 fully saturated rings. The fourth-order valence-corrected chi connectivity index (χ4v) is 5.36. The highest BCUT2D eigenvalue weighted by Crippen LogP contribution is 2.29. The molecule has 0 spiro atoms. The third-order valence-electron chi connectivity index (χ3n) is 4.83. The maximum Gasteiger partial charge on any atom is 0.340 e. The van der Waals surface area contributed by atoms with Crippen molar-refractivity contribution in [2.24, 2.45) is 0 Å². The number of aromatic nitrogens is 1. The molecule has 0 radical (unpaired) electrons.